The number of nitrogens with zero attached hydrogens (tertiary/aromatic N) is 6. The highest BCUT2D eigenvalue weighted by molar-refractivity contribution is 7.99. The molecule has 0 saturated heterocycles. The maximum atomic E-state index is 12.3. The van der Waals surface area contributed by atoms with Crippen LogP contribution in [0.2, 0.25) is 0 Å². The lowest BCUT2D eigenvalue weighted by Gasteiger charge is -2.22. The van der Waals surface area contributed by atoms with Crippen LogP contribution in [0.4, 0.5) is 5.69 Å². The zero-order chi connectivity index (χ0) is 17.5. The molecular weight excluding hydrogens is 336 g/mol. The van der Waals surface area contributed by atoms with E-state index in [2.05, 4.69) is 20.5 Å². The molecule has 1 aliphatic carbocycles. The summed E-state index contributed by atoms with van der Waals surface area (Å²) in [6, 6.07) is 4.16. The molecule has 0 N–H and O–H groups in total. The zero-order valence-electron chi connectivity index (χ0n) is 14.5. The number of rotatable bonds is 7. The third-order valence-corrected chi connectivity index (χ3v) is 5.58. The van der Waals surface area contributed by atoms with Crippen molar-refractivity contribution in [2.75, 3.05) is 17.7 Å². The number of anilines is 1. The number of hydrogen-bond donors (Lipinski definition) is 0. The second-order valence-corrected chi connectivity index (χ2v) is 7.38. The third kappa shape index (κ3) is 4.78. The molecule has 2 heterocycles. The summed E-state index contributed by atoms with van der Waals surface area (Å²) in [5.74, 6) is 0.931. The van der Waals surface area contributed by atoms with Gasteiger partial charge in [-0.15, -0.1) is 5.10 Å². The Morgan fingerprint density at radius 3 is 2.96 bits per heavy atom. The summed E-state index contributed by atoms with van der Waals surface area (Å²) in [7, 11) is 1.79. The lowest BCUT2D eigenvalue weighted by Crippen LogP contribution is -2.26. The number of aromatic nitrogens is 5. The van der Waals surface area contributed by atoms with Gasteiger partial charge < -0.3 is 4.90 Å². The SMILES string of the molecule is CN(C(=O)CCCSc1nnnn1C1CCCCC1)c1cccnc1. The topological polar surface area (TPSA) is 76.8 Å². The number of pyridine rings is 1. The Morgan fingerprint density at radius 1 is 1.36 bits per heavy atom. The van der Waals surface area contributed by atoms with E-state index in [1.807, 2.05) is 16.8 Å². The second-order valence-electron chi connectivity index (χ2n) is 6.31. The summed E-state index contributed by atoms with van der Waals surface area (Å²) in [5.41, 5.74) is 0.821. The predicted octanol–water partition coefficient (Wildman–Crippen LogP) is 3.11. The molecule has 1 fully saturated rings. The molecule has 0 radical (unpaired) electrons. The van der Waals surface area contributed by atoms with Crippen LogP contribution in [0.25, 0.3) is 0 Å². The van der Waals surface area contributed by atoms with Crippen LogP contribution >= 0.6 is 11.8 Å². The third-order valence-electron chi connectivity index (χ3n) is 4.56. The van der Waals surface area contributed by atoms with Gasteiger partial charge in [-0.05, 0) is 41.8 Å². The Labute approximate surface area is 152 Å². The largest absolute Gasteiger partial charge is 0.314 e. The Morgan fingerprint density at radius 2 is 2.20 bits per heavy atom. The molecule has 0 unspecified atom stereocenters. The van der Waals surface area contributed by atoms with Gasteiger partial charge in [-0.2, -0.15) is 0 Å². The van der Waals surface area contributed by atoms with Crippen LogP contribution < -0.4 is 4.90 Å². The molecule has 0 aromatic carbocycles. The van der Waals surface area contributed by atoms with E-state index in [0.717, 1.165) is 35.9 Å². The van der Waals surface area contributed by atoms with Crippen molar-refractivity contribution in [3.63, 3.8) is 0 Å². The van der Waals surface area contributed by atoms with Crippen LogP contribution in [0.1, 0.15) is 51.0 Å². The van der Waals surface area contributed by atoms with Crippen molar-refractivity contribution in [3.05, 3.63) is 24.5 Å². The molecule has 0 bridgehead atoms. The fourth-order valence-electron chi connectivity index (χ4n) is 3.09. The molecule has 134 valence electrons. The van der Waals surface area contributed by atoms with E-state index in [4.69, 9.17) is 0 Å². The molecule has 3 rings (SSSR count). The van der Waals surface area contributed by atoms with Crippen LogP contribution in [0.15, 0.2) is 29.7 Å². The molecule has 2 aromatic heterocycles. The first-order valence-electron chi connectivity index (χ1n) is 8.83. The molecule has 25 heavy (non-hydrogen) atoms. The molecule has 2 aromatic rings. The number of carbonyl (C=O) groups excluding carboxylic acids is 1. The lowest BCUT2D eigenvalue weighted by atomic mass is 9.96. The second kappa shape index (κ2) is 8.94. The van der Waals surface area contributed by atoms with E-state index in [9.17, 15) is 4.79 Å². The molecule has 1 aliphatic rings. The minimum atomic E-state index is 0.0977. The summed E-state index contributed by atoms with van der Waals surface area (Å²) in [6.07, 6.45) is 10.8. The Bertz CT molecular complexity index is 671. The first-order valence-corrected chi connectivity index (χ1v) is 9.81. The smallest absolute Gasteiger partial charge is 0.226 e. The molecule has 0 atom stereocenters. The van der Waals surface area contributed by atoms with Crippen LogP contribution in [0.5, 0.6) is 0 Å². The van der Waals surface area contributed by atoms with Crippen LogP contribution in [0.3, 0.4) is 0 Å². The summed E-state index contributed by atoms with van der Waals surface area (Å²) in [6.45, 7) is 0. The van der Waals surface area contributed by atoms with Crippen LogP contribution in [-0.2, 0) is 4.79 Å². The van der Waals surface area contributed by atoms with Gasteiger partial charge in [0.2, 0.25) is 11.1 Å². The normalized spacial score (nSPS) is 15.2. The van der Waals surface area contributed by atoms with E-state index in [1.165, 1.54) is 19.3 Å². The minimum Gasteiger partial charge on any atom is -0.314 e. The van der Waals surface area contributed by atoms with Gasteiger partial charge in [0.05, 0.1) is 17.9 Å². The summed E-state index contributed by atoms with van der Waals surface area (Å²) >= 11 is 1.64. The van der Waals surface area contributed by atoms with Crippen molar-refractivity contribution in [3.8, 4) is 0 Å². The quantitative estimate of drug-likeness (QED) is 0.558. The molecule has 1 saturated carbocycles. The van der Waals surface area contributed by atoms with Crippen LogP contribution in [-0.4, -0.2) is 43.9 Å². The summed E-state index contributed by atoms with van der Waals surface area (Å²) in [4.78, 5) is 18.0. The molecule has 1 amide bonds. The lowest BCUT2D eigenvalue weighted by molar-refractivity contribution is -0.118. The summed E-state index contributed by atoms with van der Waals surface area (Å²) < 4.78 is 1.98. The van der Waals surface area contributed by atoms with Crippen molar-refractivity contribution >= 4 is 23.4 Å². The molecule has 0 spiro atoms. The van der Waals surface area contributed by atoms with Crippen LogP contribution in [0, 0.1) is 0 Å². The number of carbonyl (C=O) groups is 1. The van der Waals surface area contributed by atoms with Crippen molar-refractivity contribution in [1.82, 2.24) is 25.2 Å². The van der Waals surface area contributed by atoms with Gasteiger partial charge in [0.25, 0.3) is 0 Å². The average Bonchev–Trinajstić information content (AvgIpc) is 3.14. The van der Waals surface area contributed by atoms with Crippen molar-refractivity contribution < 1.29 is 4.79 Å². The van der Waals surface area contributed by atoms with Gasteiger partial charge in [-0.1, -0.05) is 31.0 Å². The highest BCUT2D eigenvalue weighted by Gasteiger charge is 2.20. The first-order chi connectivity index (χ1) is 12.3. The van der Waals surface area contributed by atoms with E-state index < -0.39 is 0 Å². The predicted molar refractivity (Wildman–Crippen MR) is 97.5 cm³/mol. The fraction of sp³-hybridized carbons (Fsp3) is 0.588. The Balaban J connectivity index is 1.44. The number of amides is 1. The highest BCUT2D eigenvalue weighted by atomic mass is 32.2. The van der Waals surface area contributed by atoms with Gasteiger partial charge >= 0.3 is 0 Å². The number of hydrogen-bond acceptors (Lipinski definition) is 6. The van der Waals surface area contributed by atoms with Gasteiger partial charge in [0.15, 0.2) is 0 Å². The van der Waals surface area contributed by atoms with Gasteiger partial charge in [0, 0.05) is 25.4 Å². The maximum Gasteiger partial charge on any atom is 0.226 e. The monoisotopic (exact) mass is 360 g/mol. The van der Waals surface area contributed by atoms with Crippen molar-refractivity contribution in [2.24, 2.45) is 0 Å². The maximum absolute atomic E-state index is 12.3. The molecule has 8 heteroatoms. The van der Waals surface area contributed by atoms with Crippen molar-refractivity contribution in [1.29, 1.82) is 0 Å². The Hall–Kier alpha value is -1.96. The minimum absolute atomic E-state index is 0.0977. The van der Waals surface area contributed by atoms with E-state index in [0.29, 0.717) is 12.5 Å². The number of thioether (sulfide) groups is 1. The Kier molecular flexibility index (Phi) is 6.38. The first kappa shape index (κ1) is 17.8. The molecular formula is C17H24N6OS. The van der Waals surface area contributed by atoms with E-state index in [-0.39, 0.29) is 5.91 Å². The van der Waals surface area contributed by atoms with Crippen molar-refractivity contribution in [2.45, 2.75) is 56.1 Å². The highest BCUT2D eigenvalue weighted by Crippen LogP contribution is 2.30. The molecule has 0 aliphatic heterocycles. The number of tetrazole rings is 1. The molecule has 7 nitrogen and oxygen atoms in total. The fourth-order valence-corrected chi connectivity index (χ4v) is 3.97. The van der Waals surface area contributed by atoms with Gasteiger partial charge in [0.1, 0.15) is 0 Å². The zero-order valence-corrected chi connectivity index (χ0v) is 15.4. The van der Waals surface area contributed by atoms with E-state index >= 15 is 0 Å². The average molecular weight is 360 g/mol. The van der Waals surface area contributed by atoms with Gasteiger partial charge in [-0.3, -0.25) is 9.78 Å². The standard InChI is InChI=1S/C17H24N6OS/c1-22(15-9-5-11-18-13-15)16(24)10-6-12-25-17-19-20-21-23(17)14-7-3-2-4-8-14/h5,9,11,13-14H,2-4,6-8,10,12H2,1H3. The van der Waals surface area contributed by atoms with E-state index in [1.54, 1.807) is 36.1 Å². The summed E-state index contributed by atoms with van der Waals surface area (Å²) in [5, 5.41) is 13.0. The van der Waals surface area contributed by atoms with Gasteiger partial charge in [-0.25, -0.2) is 4.68 Å².